The summed E-state index contributed by atoms with van der Waals surface area (Å²) in [5, 5.41) is 0. The quantitative estimate of drug-likeness (QED) is 0.752. The topological polar surface area (TPSA) is 87.0 Å². The summed E-state index contributed by atoms with van der Waals surface area (Å²) in [7, 11) is -1.76. The van der Waals surface area contributed by atoms with Crippen LogP contribution in [0.1, 0.15) is 52.4 Å². The minimum absolute atomic E-state index is 0.0635. The average molecular weight is 375 g/mol. The van der Waals surface area contributed by atoms with Crippen molar-refractivity contribution in [1.82, 2.24) is 13.5 Å². The molecule has 0 radical (unpaired) electrons. The third kappa shape index (κ3) is 5.15. The molecule has 0 aromatic heterocycles. The summed E-state index contributed by atoms with van der Waals surface area (Å²) in [5.41, 5.74) is 5.98. The molecule has 0 bridgehead atoms. The molecular formula is C17H34N4O3S. The van der Waals surface area contributed by atoms with Crippen molar-refractivity contribution in [1.29, 1.82) is 0 Å². The van der Waals surface area contributed by atoms with Gasteiger partial charge < -0.3 is 10.6 Å². The van der Waals surface area contributed by atoms with Crippen molar-refractivity contribution >= 4 is 16.1 Å². The van der Waals surface area contributed by atoms with Crippen molar-refractivity contribution < 1.29 is 13.2 Å². The molecule has 146 valence electrons. The van der Waals surface area contributed by atoms with Crippen LogP contribution in [0.5, 0.6) is 0 Å². The maximum Gasteiger partial charge on any atom is 0.282 e. The predicted octanol–water partition coefficient (Wildman–Crippen LogP) is 1.01. The van der Waals surface area contributed by atoms with Gasteiger partial charge in [-0.1, -0.05) is 33.1 Å². The van der Waals surface area contributed by atoms with Gasteiger partial charge >= 0.3 is 0 Å². The molecule has 1 saturated heterocycles. The fourth-order valence-electron chi connectivity index (χ4n) is 3.80. The molecular weight excluding hydrogens is 340 g/mol. The first kappa shape index (κ1) is 20.6. The van der Waals surface area contributed by atoms with E-state index in [2.05, 4.69) is 0 Å². The predicted molar refractivity (Wildman–Crippen MR) is 99.1 cm³/mol. The van der Waals surface area contributed by atoms with E-state index in [-0.39, 0.29) is 11.9 Å². The Morgan fingerprint density at radius 2 is 1.68 bits per heavy atom. The van der Waals surface area contributed by atoms with Gasteiger partial charge in [-0.3, -0.25) is 4.79 Å². The number of piperazine rings is 1. The van der Waals surface area contributed by atoms with Gasteiger partial charge in [0.1, 0.15) is 0 Å². The fourth-order valence-corrected chi connectivity index (χ4v) is 5.37. The van der Waals surface area contributed by atoms with Crippen LogP contribution in [-0.2, 0) is 15.0 Å². The Morgan fingerprint density at radius 1 is 1.12 bits per heavy atom. The zero-order valence-electron chi connectivity index (χ0n) is 15.9. The van der Waals surface area contributed by atoms with E-state index in [1.54, 1.807) is 16.3 Å². The first-order valence-electron chi connectivity index (χ1n) is 9.51. The summed E-state index contributed by atoms with van der Waals surface area (Å²) >= 11 is 0. The number of rotatable bonds is 6. The smallest absolute Gasteiger partial charge is 0.282 e. The van der Waals surface area contributed by atoms with Crippen LogP contribution in [0.4, 0.5) is 0 Å². The summed E-state index contributed by atoms with van der Waals surface area (Å²) in [6.07, 6.45) is 5.93. The van der Waals surface area contributed by atoms with Crippen LogP contribution >= 0.6 is 0 Å². The highest BCUT2D eigenvalue weighted by Crippen LogP contribution is 2.25. The van der Waals surface area contributed by atoms with Crippen LogP contribution in [0, 0.1) is 5.92 Å². The number of carbonyl (C=O) groups excluding carboxylic acids is 1. The fraction of sp³-hybridized carbons (Fsp3) is 0.941. The minimum atomic E-state index is -3.45. The molecule has 1 saturated carbocycles. The van der Waals surface area contributed by atoms with Gasteiger partial charge in [-0.05, 0) is 25.2 Å². The van der Waals surface area contributed by atoms with Crippen LogP contribution in [0.3, 0.4) is 0 Å². The highest BCUT2D eigenvalue weighted by molar-refractivity contribution is 7.86. The van der Waals surface area contributed by atoms with Crippen molar-refractivity contribution in [2.45, 2.75) is 64.5 Å². The molecule has 2 N–H and O–H groups in total. The Morgan fingerprint density at radius 3 is 2.20 bits per heavy atom. The van der Waals surface area contributed by atoms with Crippen molar-refractivity contribution in [3.63, 3.8) is 0 Å². The molecule has 1 heterocycles. The maximum absolute atomic E-state index is 12.9. The van der Waals surface area contributed by atoms with Crippen LogP contribution in [0.25, 0.3) is 0 Å². The molecule has 7 nitrogen and oxygen atoms in total. The lowest BCUT2D eigenvalue weighted by Crippen LogP contribution is -2.57. The summed E-state index contributed by atoms with van der Waals surface area (Å²) in [6.45, 7) is 5.61. The van der Waals surface area contributed by atoms with Crippen molar-refractivity contribution in [2.75, 3.05) is 33.2 Å². The van der Waals surface area contributed by atoms with Crippen molar-refractivity contribution in [2.24, 2.45) is 11.7 Å². The largest absolute Gasteiger partial charge is 0.339 e. The Labute approximate surface area is 152 Å². The van der Waals surface area contributed by atoms with Gasteiger partial charge in [0, 0.05) is 39.3 Å². The first-order valence-corrected chi connectivity index (χ1v) is 10.9. The van der Waals surface area contributed by atoms with E-state index in [4.69, 9.17) is 5.73 Å². The molecule has 0 aromatic carbocycles. The van der Waals surface area contributed by atoms with Gasteiger partial charge in [0.25, 0.3) is 10.2 Å². The minimum Gasteiger partial charge on any atom is -0.339 e. The Bertz CT molecular complexity index is 538. The third-order valence-electron chi connectivity index (χ3n) is 5.37. The second kappa shape index (κ2) is 8.79. The summed E-state index contributed by atoms with van der Waals surface area (Å²) in [6, 6.07) is -0.383. The third-order valence-corrected chi connectivity index (χ3v) is 7.42. The number of amides is 1. The molecule has 0 aromatic rings. The number of hydrogen-bond acceptors (Lipinski definition) is 4. The zero-order chi connectivity index (χ0) is 18.6. The highest BCUT2D eigenvalue weighted by Gasteiger charge is 2.36. The molecule has 1 aliphatic heterocycles. The van der Waals surface area contributed by atoms with Gasteiger partial charge in [-0.25, -0.2) is 0 Å². The summed E-state index contributed by atoms with van der Waals surface area (Å²) in [4.78, 5) is 14.1. The van der Waals surface area contributed by atoms with E-state index in [1.807, 2.05) is 13.8 Å². The highest BCUT2D eigenvalue weighted by atomic mass is 32.2. The average Bonchev–Trinajstić information content (AvgIpc) is 2.60. The second-order valence-electron chi connectivity index (χ2n) is 7.78. The van der Waals surface area contributed by atoms with Crippen LogP contribution in [0.2, 0.25) is 0 Å². The normalized spacial score (nSPS) is 22.6. The van der Waals surface area contributed by atoms with Gasteiger partial charge in [0.05, 0.1) is 6.04 Å². The molecule has 2 fully saturated rings. The van der Waals surface area contributed by atoms with Crippen LogP contribution in [0.15, 0.2) is 0 Å². The molecule has 1 amide bonds. The van der Waals surface area contributed by atoms with E-state index in [0.29, 0.717) is 38.5 Å². The van der Waals surface area contributed by atoms with E-state index < -0.39 is 16.3 Å². The first-order chi connectivity index (χ1) is 11.7. The summed E-state index contributed by atoms with van der Waals surface area (Å²) < 4.78 is 28.8. The van der Waals surface area contributed by atoms with Crippen molar-refractivity contribution in [3.8, 4) is 0 Å². The lowest BCUT2D eigenvalue weighted by atomic mass is 9.96. The van der Waals surface area contributed by atoms with Crippen molar-refractivity contribution in [3.05, 3.63) is 0 Å². The van der Waals surface area contributed by atoms with Gasteiger partial charge in [0.15, 0.2) is 0 Å². The molecule has 0 unspecified atom stereocenters. The Balaban J connectivity index is 1.90. The molecule has 2 rings (SSSR count). The van der Waals surface area contributed by atoms with E-state index in [0.717, 1.165) is 25.7 Å². The van der Waals surface area contributed by atoms with Crippen LogP contribution in [-0.4, -0.2) is 73.1 Å². The number of nitrogens with zero attached hydrogens (tertiary/aromatic N) is 3. The molecule has 2 aliphatic rings. The SMILES string of the molecule is CC(C)C[C@H](N)C(=O)N1CCN(S(=O)(=O)N(C)C2CCCCC2)CC1. The standard InChI is InChI=1S/C17H34N4O3S/c1-14(2)13-16(18)17(22)20-9-11-21(12-10-20)25(23,24)19(3)15-7-5-4-6-8-15/h14-16H,4-13,18H2,1-3H3/t16-/m0/s1. The van der Waals surface area contributed by atoms with Gasteiger partial charge in [0.2, 0.25) is 5.91 Å². The number of hydrogen-bond donors (Lipinski definition) is 1. The lowest BCUT2D eigenvalue weighted by Gasteiger charge is -2.39. The number of nitrogens with two attached hydrogens (primary N) is 1. The molecule has 8 heteroatoms. The van der Waals surface area contributed by atoms with E-state index in [1.165, 1.54) is 10.7 Å². The molecule has 1 aliphatic carbocycles. The Hall–Kier alpha value is -0.700. The van der Waals surface area contributed by atoms with Crippen LogP contribution < -0.4 is 5.73 Å². The maximum atomic E-state index is 12.9. The molecule has 25 heavy (non-hydrogen) atoms. The van der Waals surface area contributed by atoms with E-state index >= 15 is 0 Å². The van der Waals surface area contributed by atoms with Gasteiger partial charge in [-0.15, -0.1) is 0 Å². The van der Waals surface area contributed by atoms with E-state index in [9.17, 15) is 13.2 Å². The second-order valence-corrected chi connectivity index (χ2v) is 9.76. The molecule has 0 spiro atoms. The Kier molecular flexibility index (Phi) is 7.25. The summed E-state index contributed by atoms with van der Waals surface area (Å²) in [5.74, 6) is 0.302. The monoisotopic (exact) mass is 374 g/mol. The molecule has 1 atom stereocenters. The number of carbonyl (C=O) groups is 1. The zero-order valence-corrected chi connectivity index (χ0v) is 16.7. The lowest BCUT2D eigenvalue weighted by molar-refractivity contribution is -0.134. The van der Waals surface area contributed by atoms with Gasteiger partial charge in [-0.2, -0.15) is 17.0 Å².